The molecule has 2 atom stereocenters. The number of amides is 1. The van der Waals surface area contributed by atoms with Gasteiger partial charge in [0.2, 0.25) is 0 Å². The second-order valence-electron chi connectivity index (χ2n) is 7.03. The van der Waals surface area contributed by atoms with Crippen molar-refractivity contribution in [1.29, 1.82) is 0 Å². The highest BCUT2D eigenvalue weighted by Crippen LogP contribution is 2.35. The Bertz CT molecular complexity index is 585. The molecule has 0 saturated carbocycles. The number of carbonyl (C=O) groups excluding carboxylic acids is 2. The predicted molar refractivity (Wildman–Crippen MR) is 103 cm³/mol. The molecule has 1 heterocycles. The maximum atomic E-state index is 13.1. The van der Waals surface area contributed by atoms with E-state index in [-0.39, 0.29) is 17.3 Å². The number of esters is 1. The third-order valence-electron chi connectivity index (χ3n) is 4.31. The Balaban J connectivity index is 2.19. The van der Waals surface area contributed by atoms with Crippen LogP contribution >= 0.6 is 11.8 Å². The third kappa shape index (κ3) is 5.24. The minimum Gasteiger partial charge on any atom is -0.464 e. The quantitative estimate of drug-likeness (QED) is 0.536. The van der Waals surface area contributed by atoms with Crippen LogP contribution in [0.25, 0.3) is 0 Å². The van der Waals surface area contributed by atoms with Crippen molar-refractivity contribution >= 4 is 23.6 Å². The molecule has 1 saturated heterocycles. The topological polar surface area (TPSA) is 46.6 Å². The lowest BCUT2D eigenvalue weighted by Crippen LogP contribution is -2.46. The van der Waals surface area contributed by atoms with Gasteiger partial charge in [0, 0.05) is 11.3 Å². The molecule has 0 aromatic heterocycles. The van der Waals surface area contributed by atoms with Crippen LogP contribution in [0.15, 0.2) is 24.3 Å². The molecule has 0 N–H and O–H groups in total. The SMILES string of the molecule is CCCCOC(=O)C1CSC(CC(C)C)N1C(=O)c1ccc(C)cc1. The second-order valence-corrected chi connectivity index (χ2v) is 8.24. The molecule has 1 fully saturated rings. The van der Waals surface area contributed by atoms with E-state index in [4.69, 9.17) is 4.74 Å². The van der Waals surface area contributed by atoms with Gasteiger partial charge in [-0.2, -0.15) is 0 Å². The molecule has 0 aliphatic carbocycles. The highest BCUT2D eigenvalue weighted by atomic mass is 32.2. The van der Waals surface area contributed by atoms with Crippen molar-refractivity contribution in [2.45, 2.75) is 58.4 Å². The summed E-state index contributed by atoms with van der Waals surface area (Å²) in [6.07, 6.45) is 2.71. The number of benzene rings is 1. The summed E-state index contributed by atoms with van der Waals surface area (Å²) in [5.41, 5.74) is 1.75. The van der Waals surface area contributed by atoms with Gasteiger partial charge in [0.1, 0.15) is 6.04 Å². The average Bonchev–Trinajstić information content (AvgIpc) is 2.98. The highest BCUT2D eigenvalue weighted by Gasteiger charge is 2.42. The number of hydrogen-bond acceptors (Lipinski definition) is 4. The Morgan fingerprint density at radius 3 is 2.56 bits per heavy atom. The Kier molecular flexibility index (Phi) is 7.36. The standard InChI is InChI=1S/C20H29NO3S/c1-5-6-11-24-20(23)17-13-25-18(12-14(2)3)21(17)19(22)16-9-7-15(4)8-10-16/h7-10,14,17-18H,5-6,11-13H2,1-4H3. The number of nitrogens with zero attached hydrogens (tertiary/aromatic N) is 1. The molecule has 25 heavy (non-hydrogen) atoms. The van der Waals surface area contributed by atoms with Crippen molar-refractivity contribution in [1.82, 2.24) is 4.90 Å². The van der Waals surface area contributed by atoms with Crippen molar-refractivity contribution < 1.29 is 14.3 Å². The van der Waals surface area contributed by atoms with Gasteiger partial charge >= 0.3 is 5.97 Å². The molecule has 1 aromatic rings. The first-order chi connectivity index (χ1) is 11.9. The first-order valence-electron chi connectivity index (χ1n) is 9.11. The molecule has 4 nitrogen and oxygen atoms in total. The summed E-state index contributed by atoms with van der Waals surface area (Å²) in [7, 11) is 0. The minimum absolute atomic E-state index is 0.0255. The fraction of sp³-hybridized carbons (Fsp3) is 0.600. The lowest BCUT2D eigenvalue weighted by molar-refractivity contribution is -0.148. The first-order valence-corrected chi connectivity index (χ1v) is 10.2. The van der Waals surface area contributed by atoms with Crippen molar-refractivity contribution in [2.75, 3.05) is 12.4 Å². The maximum absolute atomic E-state index is 13.1. The van der Waals surface area contributed by atoms with E-state index in [1.807, 2.05) is 31.2 Å². The zero-order valence-electron chi connectivity index (χ0n) is 15.7. The largest absolute Gasteiger partial charge is 0.464 e. The predicted octanol–water partition coefficient (Wildman–Crippen LogP) is 4.27. The first kappa shape index (κ1) is 19.8. The third-order valence-corrected chi connectivity index (χ3v) is 5.63. The summed E-state index contributed by atoms with van der Waals surface area (Å²) in [5, 5.41) is 0.0255. The summed E-state index contributed by atoms with van der Waals surface area (Å²) >= 11 is 1.68. The summed E-state index contributed by atoms with van der Waals surface area (Å²) in [6.45, 7) is 8.77. The van der Waals surface area contributed by atoms with Crippen LogP contribution in [0.1, 0.15) is 56.0 Å². The number of unbranched alkanes of at least 4 members (excludes halogenated alkanes) is 1. The van der Waals surface area contributed by atoms with E-state index in [0.717, 1.165) is 24.8 Å². The molecule has 2 rings (SSSR count). The summed E-state index contributed by atoms with van der Waals surface area (Å²) in [4.78, 5) is 27.4. The van der Waals surface area contributed by atoms with Gasteiger partial charge < -0.3 is 9.64 Å². The molecule has 1 amide bonds. The van der Waals surface area contributed by atoms with Crippen molar-refractivity contribution in [3.8, 4) is 0 Å². The monoisotopic (exact) mass is 363 g/mol. The van der Waals surface area contributed by atoms with Gasteiger partial charge in [0.15, 0.2) is 0 Å². The van der Waals surface area contributed by atoms with E-state index in [0.29, 0.717) is 23.8 Å². The second kappa shape index (κ2) is 9.27. The van der Waals surface area contributed by atoms with E-state index in [9.17, 15) is 9.59 Å². The molecule has 0 spiro atoms. The van der Waals surface area contributed by atoms with Crippen LogP contribution in [-0.2, 0) is 9.53 Å². The fourth-order valence-electron chi connectivity index (χ4n) is 2.86. The van der Waals surface area contributed by atoms with E-state index in [1.165, 1.54) is 0 Å². The number of hydrogen-bond donors (Lipinski definition) is 0. The van der Waals surface area contributed by atoms with E-state index in [1.54, 1.807) is 16.7 Å². The molecule has 1 aliphatic heterocycles. The average molecular weight is 364 g/mol. The van der Waals surface area contributed by atoms with Crippen LogP contribution < -0.4 is 0 Å². The van der Waals surface area contributed by atoms with Crippen molar-refractivity contribution in [3.63, 3.8) is 0 Å². The van der Waals surface area contributed by atoms with Crippen LogP contribution in [-0.4, -0.2) is 40.6 Å². The van der Waals surface area contributed by atoms with Crippen LogP contribution in [0.3, 0.4) is 0 Å². The van der Waals surface area contributed by atoms with Crippen molar-refractivity contribution in [2.24, 2.45) is 5.92 Å². The van der Waals surface area contributed by atoms with E-state index >= 15 is 0 Å². The molecular formula is C20H29NO3S. The van der Waals surface area contributed by atoms with Gasteiger partial charge in [-0.3, -0.25) is 4.79 Å². The summed E-state index contributed by atoms with van der Waals surface area (Å²) < 4.78 is 5.41. The lowest BCUT2D eigenvalue weighted by atomic mass is 10.1. The van der Waals surface area contributed by atoms with Gasteiger partial charge in [-0.25, -0.2) is 4.79 Å². The molecule has 0 bridgehead atoms. The number of carbonyl (C=O) groups is 2. The van der Waals surface area contributed by atoms with Gasteiger partial charge in [0.05, 0.1) is 12.0 Å². The number of thioether (sulfide) groups is 1. The van der Waals surface area contributed by atoms with Crippen LogP contribution in [0.2, 0.25) is 0 Å². The van der Waals surface area contributed by atoms with Gasteiger partial charge in [-0.1, -0.05) is 44.9 Å². The lowest BCUT2D eigenvalue weighted by Gasteiger charge is -2.29. The Hall–Kier alpha value is -1.49. The zero-order valence-corrected chi connectivity index (χ0v) is 16.5. The minimum atomic E-state index is -0.487. The molecule has 2 unspecified atom stereocenters. The normalized spacial score (nSPS) is 20.1. The molecule has 5 heteroatoms. The Labute approximate surface area is 155 Å². The Morgan fingerprint density at radius 2 is 1.96 bits per heavy atom. The van der Waals surface area contributed by atoms with E-state index < -0.39 is 6.04 Å². The molecular weight excluding hydrogens is 334 g/mol. The van der Waals surface area contributed by atoms with Crippen molar-refractivity contribution in [3.05, 3.63) is 35.4 Å². The van der Waals surface area contributed by atoms with Gasteiger partial charge in [-0.15, -0.1) is 11.8 Å². The van der Waals surface area contributed by atoms with Crippen LogP contribution in [0.5, 0.6) is 0 Å². The fourth-order valence-corrected chi connectivity index (χ4v) is 4.49. The summed E-state index contributed by atoms with van der Waals surface area (Å²) in [6, 6.07) is 7.06. The van der Waals surface area contributed by atoms with E-state index in [2.05, 4.69) is 20.8 Å². The summed E-state index contributed by atoms with van der Waals surface area (Å²) in [5.74, 6) is 0.724. The molecule has 0 radical (unpaired) electrons. The van der Waals surface area contributed by atoms with Crippen LogP contribution in [0, 0.1) is 12.8 Å². The smallest absolute Gasteiger partial charge is 0.329 e. The number of aryl methyl sites for hydroxylation is 1. The molecule has 1 aromatic carbocycles. The molecule has 138 valence electrons. The number of ether oxygens (including phenoxy) is 1. The number of rotatable bonds is 7. The zero-order chi connectivity index (χ0) is 18.4. The van der Waals surface area contributed by atoms with Gasteiger partial charge in [-0.05, 0) is 37.8 Å². The molecule has 1 aliphatic rings. The van der Waals surface area contributed by atoms with Gasteiger partial charge in [0.25, 0.3) is 5.91 Å². The Morgan fingerprint density at radius 1 is 1.28 bits per heavy atom. The van der Waals surface area contributed by atoms with Crippen LogP contribution in [0.4, 0.5) is 0 Å². The highest BCUT2D eigenvalue weighted by molar-refractivity contribution is 8.00. The maximum Gasteiger partial charge on any atom is 0.329 e.